The van der Waals surface area contributed by atoms with E-state index in [1.165, 1.54) is 11.8 Å². The Balaban J connectivity index is 1.53. The second kappa shape index (κ2) is 8.08. The molecule has 138 valence electrons. The molecule has 0 amide bonds. The number of ether oxygens (including phenoxy) is 2. The number of hydrogen-bond acceptors (Lipinski definition) is 4. The maximum absolute atomic E-state index is 8.35. The summed E-state index contributed by atoms with van der Waals surface area (Å²) in [6.07, 6.45) is 6.01. The van der Waals surface area contributed by atoms with E-state index in [2.05, 4.69) is 22.5 Å². The fourth-order valence-corrected chi connectivity index (χ4v) is 3.31. The molecule has 0 aromatic heterocycles. The minimum absolute atomic E-state index is 0.177. The molecule has 0 aliphatic carbocycles. The van der Waals surface area contributed by atoms with E-state index in [-0.39, 0.29) is 6.10 Å². The van der Waals surface area contributed by atoms with Crippen molar-refractivity contribution in [1.29, 1.82) is 5.41 Å². The minimum atomic E-state index is 0.177. The first kappa shape index (κ1) is 18.0. The second-order valence-electron chi connectivity index (χ2n) is 6.58. The van der Waals surface area contributed by atoms with Crippen LogP contribution < -0.4 is 15.2 Å². The van der Waals surface area contributed by atoms with Gasteiger partial charge in [0, 0.05) is 44.1 Å². The average Bonchev–Trinajstić information content (AvgIpc) is 3.09. The SMILES string of the molecule is C=CN=C(N)/C=C(/C)C(=N)N1CCC(Oc2ccc3c(c2)CCO3)CC1. The fraction of sp³-hybridized carbons (Fsp3) is 0.400. The van der Waals surface area contributed by atoms with Crippen LogP contribution in [0.3, 0.4) is 0 Å². The summed E-state index contributed by atoms with van der Waals surface area (Å²) in [5, 5.41) is 8.35. The van der Waals surface area contributed by atoms with Gasteiger partial charge in [-0.2, -0.15) is 0 Å². The van der Waals surface area contributed by atoms with Crippen molar-refractivity contribution in [2.75, 3.05) is 19.7 Å². The standard InChI is InChI=1S/C20H26N4O2/c1-3-23-19(21)12-14(2)20(22)24-9-6-16(7-10-24)26-17-4-5-18-15(13-17)8-11-25-18/h3-5,12-13,16,22H,1,6-11H2,2H3,(H2,21,23)/b14-12-,22-20?. The number of piperidine rings is 1. The number of aliphatic imine (C=N–C) groups is 1. The summed E-state index contributed by atoms with van der Waals surface area (Å²) in [5.74, 6) is 2.73. The third-order valence-electron chi connectivity index (χ3n) is 4.70. The van der Waals surface area contributed by atoms with Crippen LogP contribution in [0.2, 0.25) is 0 Å². The lowest BCUT2D eigenvalue weighted by Gasteiger charge is -2.34. The van der Waals surface area contributed by atoms with E-state index in [1.54, 1.807) is 6.08 Å². The third kappa shape index (κ3) is 4.25. The van der Waals surface area contributed by atoms with Crippen LogP contribution in [-0.2, 0) is 6.42 Å². The zero-order valence-electron chi connectivity index (χ0n) is 15.2. The molecule has 26 heavy (non-hydrogen) atoms. The van der Waals surface area contributed by atoms with Crippen molar-refractivity contribution in [3.63, 3.8) is 0 Å². The van der Waals surface area contributed by atoms with Gasteiger partial charge in [-0.05, 0) is 36.8 Å². The molecular weight excluding hydrogens is 328 g/mol. The molecule has 0 saturated carbocycles. The largest absolute Gasteiger partial charge is 0.493 e. The topological polar surface area (TPSA) is 83.9 Å². The molecule has 0 bridgehead atoms. The van der Waals surface area contributed by atoms with Crippen LogP contribution in [0.15, 0.2) is 47.6 Å². The molecule has 3 N–H and O–H groups in total. The Kier molecular flexibility index (Phi) is 5.61. The predicted octanol–water partition coefficient (Wildman–Crippen LogP) is 2.89. The van der Waals surface area contributed by atoms with Gasteiger partial charge in [0.1, 0.15) is 29.3 Å². The highest BCUT2D eigenvalue weighted by atomic mass is 16.5. The van der Waals surface area contributed by atoms with E-state index in [1.807, 2.05) is 19.1 Å². The van der Waals surface area contributed by atoms with Crippen molar-refractivity contribution < 1.29 is 9.47 Å². The normalized spacial score (nSPS) is 18.3. The number of benzene rings is 1. The zero-order chi connectivity index (χ0) is 18.5. The highest BCUT2D eigenvalue weighted by Crippen LogP contribution is 2.30. The molecule has 1 aromatic rings. The van der Waals surface area contributed by atoms with Crippen LogP contribution in [0.4, 0.5) is 0 Å². The maximum Gasteiger partial charge on any atom is 0.123 e. The molecule has 6 nitrogen and oxygen atoms in total. The first-order valence-electron chi connectivity index (χ1n) is 8.95. The number of likely N-dealkylation sites (tertiary alicyclic amines) is 1. The van der Waals surface area contributed by atoms with Crippen molar-refractivity contribution >= 4 is 11.7 Å². The van der Waals surface area contributed by atoms with E-state index in [0.717, 1.165) is 56.0 Å². The van der Waals surface area contributed by atoms with Crippen LogP contribution in [-0.4, -0.2) is 42.4 Å². The smallest absolute Gasteiger partial charge is 0.123 e. The molecule has 2 aliphatic rings. The molecule has 3 rings (SSSR count). The van der Waals surface area contributed by atoms with Crippen LogP contribution in [0, 0.1) is 5.41 Å². The minimum Gasteiger partial charge on any atom is -0.493 e. The number of nitrogens with zero attached hydrogens (tertiary/aromatic N) is 2. The molecule has 2 heterocycles. The molecule has 2 aliphatic heterocycles. The number of fused-ring (bicyclic) bond motifs is 1. The lowest BCUT2D eigenvalue weighted by molar-refractivity contribution is 0.131. The van der Waals surface area contributed by atoms with Crippen molar-refractivity contribution in [2.24, 2.45) is 10.7 Å². The lowest BCUT2D eigenvalue weighted by Crippen LogP contribution is -2.42. The van der Waals surface area contributed by atoms with Crippen molar-refractivity contribution in [3.8, 4) is 11.5 Å². The van der Waals surface area contributed by atoms with Crippen LogP contribution in [0.5, 0.6) is 11.5 Å². The quantitative estimate of drug-likeness (QED) is 0.629. The molecular formula is C20H26N4O2. The number of nitrogens with one attached hydrogen (secondary N) is 1. The molecule has 0 spiro atoms. The first-order chi connectivity index (χ1) is 12.6. The summed E-state index contributed by atoms with van der Waals surface area (Å²) in [6.45, 7) is 7.74. The second-order valence-corrected chi connectivity index (χ2v) is 6.58. The van der Waals surface area contributed by atoms with Gasteiger partial charge in [0.25, 0.3) is 0 Å². The van der Waals surface area contributed by atoms with E-state index in [9.17, 15) is 0 Å². The lowest BCUT2D eigenvalue weighted by atomic mass is 10.1. The van der Waals surface area contributed by atoms with E-state index in [4.69, 9.17) is 20.6 Å². The Morgan fingerprint density at radius 3 is 2.92 bits per heavy atom. The van der Waals surface area contributed by atoms with Gasteiger partial charge in [-0.25, -0.2) is 4.99 Å². The van der Waals surface area contributed by atoms with Crippen LogP contribution in [0.1, 0.15) is 25.3 Å². The highest BCUT2D eigenvalue weighted by molar-refractivity contribution is 6.03. The van der Waals surface area contributed by atoms with Crippen molar-refractivity contribution in [2.45, 2.75) is 32.3 Å². The van der Waals surface area contributed by atoms with Crippen molar-refractivity contribution in [3.05, 3.63) is 48.2 Å². The average molecular weight is 354 g/mol. The van der Waals surface area contributed by atoms with E-state index in [0.29, 0.717) is 11.7 Å². The number of rotatable bonds is 5. The van der Waals surface area contributed by atoms with Gasteiger partial charge in [0.2, 0.25) is 0 Å². The third-order valence-corrected chi connectivity index (χ3v) is 4.70. The highest BCUT2D eigenvalue weighted by Gasteiger charge is 2.23. The number of nitrogens with two attached hydrogens (primary N) is 1. The Hall–Kier alpha value is -2.76. The molecule has 6 heteroatoms. The van der Waals surface area contributed by atoms with Gasteiger partial charge >= 0.3 is 0 Å². The molecule has 0 atom stereocenters. The molecule has 1 fully saturated rings. The maximum atomic E-state index is 8.35. The van der Waals surface area contributed by atoms with Crippen LogP contribution in [0.25, 0.3) is 0 Å². The van der Waals surface area contributed by atoms with E-state index >= 15 is 0 Å². The van der Waals surface area contributed by atoms with Crippen molar-refractivity contribution in [1.82, 2.24) is 4.90 Å². The van der Waals surface area contributed by atoms with Gasteiger partial charge in [0.15, 0.2) is 0 Å². The van der Waals surface area contributed by atoms with Gasteiger partial charge in [0.05, 0.1) is 6.61 Å². The van der Waals surface area contributed by atoms with Gasteiger partial charge in [-0.15, -0.1) is 0 Å². The summed E-state index contributed by atoms with van der Waals surface area (Å²) in [4.78, 5) is 5.97. The Morgan fingerprint density at radius 1 is 1.42 bits per heavy atom. The Morgan fingerprint density at radius 2 is 2.19 bits per heavy atom. The summed E-state index contributed by atoms with van der Waals surface area (Å²) >= 11 is 0. The fourth-order valence-electron chi connectivity index (χ4n) is 3.31. The summed E-state index contributed by atoms with van der Waals surface area (Å²) in [6, 6.07) is 6.06. The van der Waals surface area contributed by atoms with Crippen LogP contribution >= 0.6 is 0 Å². The monoisotopic (exact) mass is 354 g/mol. The van der Waals surface area contributed by atoms with Gasteiger partial charge in [-0.1, -0.05) is 6.58 Å². The number of hydrogen-bond donors (Lipinski definition) is 2. The predicted molar refractivity (Wildman–Crippen MR) is 104 cm³/mol. The van der Waals surface area contributed by atoms with Gasteiger partial charge in [-0.3, -0.25) is 5.41 Å². The van der Waals surface area contributed by atoms with E-state index < -0.39 is 0 Å². The molecule has 0 radical (unpaired) electrons. The number of amidine groups is 2. The summed E-state index contributed by atoms with van der Waals surface area (Å²) in [7, 11) is 0. The summed E-state index contributed by atoms with van der Waals surface area (Å²) in [5.41, 5.74) is 7.78. The summed E-state index contributed by atoms with van der Waals surface area (Å²) < 4.78 is 11.7. The van der Waals surface area contributed by atoms with Gasteiger partial charge < -0.3 is 20.1 Å². The Bertz CT molecular complexity index is 746. The zero-order valence-corrected chi connectivity index (χ0v) is 15.2. The molecule has 1 saturated heterocycles. The first-order valence-corrected chi connectivity index (χ1v) is 8.95. The molecule has 0 unspecified atom stereocenters. The Labute approximate surface area is 154 Å². The molecule has 1 aromatic carbocycles.